The molecule has 0 rings (SSSR count). The maximum absolute atomic E-state index is 8.47. The fourth-order valence-corrected chi connectivity index (χ4v) is 1.24. The molecular weight excluding hydrogens is 236 g/mol. The summed E-state index contributed by atoms with van der Waals surface area (Å²) in [6.07, 6.45) is 2.36. The molecule has 0 aromatic rings. The van der Waals surface area contributed by atoms with Gasteiger partial charge in [-0.15, -0.1) is 0 Å². The second-order valence-electron chi connectivity index (χ2n) is 4.06. The van der Waals surface area contributed by atoms with Crippen molar-refractivity contribution >= 4 is 0 Å². The van der Waals surface area contributed by atoms with Crippen LogP contribution >= 0.6 is 0 Å². The van der Waals surface area contributed by atoms with E-state index in [4.69, 9.17) is 24.1 Å². The number of rotatable bonds is 14. The zero-order valence-electron chi connectivity index (χ0n) is 11.7. The van der Waals surface area contributed by atoms with Crippen LogP contribution in [0.3, 0.4) is 0 Å². The molecule has 110 valence electrons. The monoisotopic (exact) mass is 264 g/mol. The van der Waals surface area contributed by atoms with Crippen molar-refractivity contribution in [1.82, 2.24) is 0 Å². The van der Waals surface area contributed by atoms with Crippen LogP contribution in [0.2, 0.25) is 0 Å². The van der Waals surface area contributed by atoms with Crippen LogP contribution in [0, 0.1) is 0 Å². The molecule has 0 heterocycles. The molecule has 0 saturated carbocycles. The van der Waals surface area contributed by atoms with Crippen LogP contribution in [0.5, 0.6) is 0 Å². The quantitative estimate of drug-likeness (QED) is 0.478. The van der Waals surface area contributed by atoms with Crippen molar-refractivity contribution in [3.05, 3.63) is 0 Å². The Bertz CT molecular complexity index is 154. The molecule has 0 aromatic carbocycles. The molecule has 0 bridgehead atoms. The summed E-state index contributed by atoms with van der Waals surface area (Å²) in [6.45, 7) is 8.18. The van der Waals surface area contributed by atoms with Crippen molar-refractivity contribution in [3.8, 4) is 0 Å². The minimum atomic E-state index is 0.0542. The van der Waals surface area contributed by atoms with Gasteiger partial charge in [0.05, 0.1) is 52.4 Å². The molecule has 0 spiro atoms. The molecule has 0 radical (unpaired) electrons. The molecule has 1 atom stereocenters. The number of hydrogen-bond donors (Lipinski definition) is 1. The Kier molecular flexibility index (Phi) is 14.7. The lowest BCUT2D eigenvalue weighted by atomic mass is 10.3. The van der Waals surface area contributed by atoms with Crippen LogP contribution < -0.4 is 0 Å². The van der Waals surface area contributed by atoms with Crippen LogP contribution in [-0.4, -0.2) is 64.1 Å². The van der Waals surface area contributed by atoms with Crippen molar-refractivity contribution in [1.29, 1.82) is 0 Å². The standard InChI is InChI=1S/C13H28O5/c1-3-4-6-17-12-13(2)18-11-10-16-9-8-15-7-5-14/h13-14H,3-12H2,1-2H3. The Morgan fingerprint density at radius 1 is 0.889 bits per heavy atom. The fraction of sp³-hybridized carbons (Fsp3) is 1.00. The summed E-state index contributed by atoms with van der Waals surface area (Å²) in [4.78, 5) is 0. The number of aliphatic hydroxyl groups is 1. The van der Waals surface area contributed by atoms with Crippen molar-refractivity contribution in [3.63, 3.8) is 0 Å². The van der Waals surface area contributed by atoms with E-state index < -0.39 is 0 Å². The van der Waals surface area contributed by atoms with Crippen LogP contribution in [0.15, 0.2) is 0 Å². The molecule has 0 aliphatic rings. The van der Waals surface area contributed by atoms with Gasteiger partial charge in [-0.1, -0.05) is 13.3 Å². The summed E-state index contributed by atoms with van der Waals surface area (Å²) < 4.78 is 21.3. The maximum atomic E-state index is 8.47. The zero-order chi connectivity index (χ0) is 13.5. The highest BCUT2D eigenvalue weighted by Crippen LogP contribution is 1.94. The third kappa shape index (κ3) is 13.9. The molecule has 0 amide bonds. The number of hydrogen-bond acceptors (Lipinski definition) is 5. The highest BCUT2D eigenvalue weighted by molar-refractivity contribution is 4.47. The Labute approximate surface area is 110 Å². The van der Waals surface area contributed by atoms with Crippen molar-refractivity contribution in [2.24, 2.45) is 0 Å². The van der Waals surface area contributed by atoms with Gasteiger partial charge in [0.1, 0.15) is 0 Å². The van der Waals surface area contributed by atoms with Gasteiger partial charge in [-0.05, 0) is 13.3 Å². The number of aliphatic hydroxyl groups excluding tert-OH is 1. The molecule has 1 unspecified atom stereocenters. The molecule has 0 saturated heterocycles. The third-order valence-corrected chi connectivity index (χ3v) is 2.23. The summed E-state index contributed by atoms with van der Waals surface area (Å²) in [6, 6.07) is 0. The van der Waals surface area contributed by atoms with Crippen LogP contribution in [-0.2, 0) is 18.9 Å². The molecule has 0 aromatic heterocycles. The van der Waals surface area contributed by atoms with Crippen LogP contribution in [0.1, 0.15) is 26.7 Å². The van der Waals surface area contributed by atoms with Crippen molar-refractivity contribution in [2.75, 3.05) is 52.9 Å². The first kappa shape index (κ1) is 17.8. The van der Waals surface area contributed by atoms with Gasteiger partial charge in [0.25, 0.3) is 0 Å². The van der Waals surface area contributed by atoms with Gasteiger partial charge in [0.15, 0.2) is 0 Å². The molecule has 1 N–H and O–H groups in total. The van der Waals surface area contributed by atoms with Crippen LogP contribution in [0.4, 0.5) is 0 Å². The van der Waals surface area contributed by atoms with E-state index in [1.165, 1.54) is 0 Å². The lowest BCUT2D eigenvalue weighted by molar-refractivity contribution is -0.0379. The zero-order valence-corrected chi connectivity index (χ0v) is 11.7. The van der Waals surface area contributed by atoms with Gasteiger partial charge < -0.3 is 24.1 Å². The highest BCUT2D eigenvalue weighted by atomic mass is 16.6. The lowest BCUT2D eigenvalue weighted by Crippen LogP contribution is -2.19. The van der Waals surface area contributed by atoms with Gasteiger partial charge in [0.2, 0.25) is 0 Å². The topological polar surface area (TPSA) is 57.2 Å². The summed E-state index contributed by atoms with van der Waals surface area (Å²) in [5.74, 6) is 0. The van der Waals surface area contributed by atoms with E-state index in [2.05, 4.69) is 6.92 Å². The number of ether oxygens (including phenoxy) is 4. The van der Waals surface area contributed by atoms with Gasteiger partial charge in [-0.2, -0.15) is 0 Å². The molecule has 18 heavy (non-hydrogen) atoms. The van der Waals surface area contributed by atoms with E-state index >= 15 is 0 Å². The average Bonchev–Trinajstić information content (AvgIpc) is 2.38. The predicted octanol–water partition coefficient (Wildman–Crippen LogP) is 1.23. The first-order valence-corrected chi connectivity index (χ1v) is 6.77. The van der Waals surface area contributed by atoms with Gasteiger partial charge in [0, 0.05) is 6.61 Å². The average molecular weight is 264 g/mol. The summed E-state index contributed by atoms with van der Waals surface area (Å²) >= 11 is 0. The van der Waals surface area contributed by atoms with Crippen LogP contribution in [0.25, 0.3) is 0 Å². The molecule has 0 aliphatic heterocycles. The minimum Gasteiger partial charge on any atom is -0.394 e. The van der Waals surface area contributed by atoms with E-state index in [9.17, 15) is 0 Å². The second kappa shape index (κ2) is 14.9. The van der Waals surface area contributed by atoms with E-state index in [1.807, 2.05) is 6.92 Å². The summed E-state index contributed by atoms with van der Waals surface area (Å²) in [5.41, 5.74) is 0. The SMILES string of the molecule is CCCCOCC(C)OCCOCCOCCO. The largest absolute Gasteiger partial charge is 0.394 e. The fourth-order valence-electron chi connectivity index (χ4n) is 1.24. The molecular formula is C13H28O5. The Balaban J connectivity index is 3.08. The van der Waals surface area contributed by atoms with E-state index in [-0.39, 0.29) is 12.7 Å². The van der Waals surface area contributed by atoms with Crippen molar-refractivity contribution in [2.45, 2.75) is 32.8 Å². The molecule has 0 fully saturated rings. The van der Waals surface area contributed by atoms with E-state index in [0.717, 1.165) is 19.4 Å². The molecule has 5 heteroatoms. The normalized spacial score (nSPS) is 12.8. The number of unbranched alkanes of at least 4 members (excludes halogenated alkanes) is 1. The second-order valence-corrected chi connectivity index (χ2v) is 4.06. The Morgan fingerprint density at radius 3 is 2.22 bits per heavy atom. The van der Waals surface area contributed by atoms with Gasteiger partial charge in [-0.3, -0.25) is 0 Å². The third-order valence-electron chi connectivity index (χ3n) is 2.23. The van der Waals surface area contributed by atoms with E-state index in [1.54, 1.807) is 0 Å². The summed E-state index contributed by atoms with van der Waals surface area (Å²) in [7, 11) is 0. The molecule has 0 aliphatic carbocycles. The maximum Gasteiger partial charge on any atom is 0.0781 e. The predicted molar refractivity (Wildman–Crippen MR) is 69.9 cm³/mol. The summed E-state index contributed by atoms with van der Waals surface area (Å²) in [5, 5.41) is 8.47. The first-order valence-electron chi connectivity index (χ1n) is 6.77. The van der Waals surface area contributed by atoms with E-state index in [0.29, 0.717) is 39.6 Å². The van der Waals surface area contributed by atoms with Gasteiger partial charge >= 0.3 is 0 Å². The lowest BCUT2D eigenvalue weighted by Gasteiger charge is -2.13. The smallest absolute Gasteiger partial charge is 0.0781 e. The minimum absolute atomic E-state index is 0.0542. The Morgan fingerprint density at radius 2 is 1.56 bits per heavy atom. The molecule has 5 nitrogen and oxygen atoms in total. The van der Waals surface area contributed by atoms with Gasteiger partial charge in [-0.25, -0.2) is 0 Å². The first-order chi connectivity index (χ1) is 8.81. The van der Waals surface area contributed by atoms with Crippen molar-refractivity contribution < 1.29 is 24.1 Å². The highest BCUT2D eigenvalue weighted by Gasteiger charge is 2.01. The Hall–Kier alpha value is -0.200.